The van der Waals surface area contributed by atoms with Gasteiger partial charge in [-0.25, -0.2) is 0 Å². The number of unbranched alkanes of at least 4 members (excludes halogenated alkanes) is 7. The highest BCUT2D eigenvalue weighted by atomic mass is 32.3. The van der Waals surface area contributed by atoms with E-state index >= 15 is 0 Å². The molecule has 0 saturated heterocycles. The van der Waals surface area contributed by atoms with Crippen molar-refractivity contribution < 1.29 is 22.3 Å². The first-order chi connectivity index (χ1) is 13.8. The van der Waals surface area contributed by atoms with Gasteiger partial charge in [-0.1, -0.05) is 112 Å². The van der Waals surface area contributed by atoms with Gasteiger partial charge in [-0.05, 0) is 25.8 Å². The number of hydrogen-bond acceptors (Lipinski definition) is 3. The van der Waals surface area contributed by atoms with Crippen LogP contribution in [-0.2, 0) is 15.2 Å². The first kappa shape index (κ1) is 29.2. The van der Waals surface area contributed by atoms with E-state index in [2.05, 4.69) is 25.2 Å². The number of ketones is 1. The minimum atomic E-state index is -4.67. The molecule has 0 atom stereocenters. The van der Waals surface area contributed by atoms with E-state index in [0.29, 0.717) is 0 Å². The molecule has 0 fully saturated rings. The Kier molecular flexibility index (Phi) is 22.4. The molecule has 0 amide bonds. The van der Waals surface area contributed by atoms with Crippen LogP contribution in [0.2, 0.25) is 0 Å². The summed E-state index contributed by atoms with van der Waals surface area (Å²) in [5.74, 6) is 0.0636. The Morgan fingerprint density at radius 3 is 1.52 bits per heavy atom. The third kappa shape index (κ3) is 41.5. The summed E-state index contributed by atoms with van der Waals surface area (Å²) in [5, 5.41) is 0. The lowest BCUT2D eigenvalue weighted by Gasteiger charge is -1.98. The van der Waals surface area contributed by atoms with Crippen molar-refractivity contribution in [2.24, 2.45) is 0 Å². The van der Waals surface area contributed by atoms with Gasteiger partial charge >= 0.3 is 10.4 Å². The second kappa shape index (κ2) is 22.3. The lowest BCUT2D eigenvalue weighted by atomic mass is 10.1. The molecule has 0 rings (SSSR count). The predicted octanol–water partition coefficient (Wildman–Crippen LogP) is 6.40. The van der Waals surface area contributed by atoms with Gasteiger partial charge in [-0.2, -0.15) is 8.42 Å². The molecule has 0 aliphatic heterocycles. The summed E-state index contributed by atoms with van der Waals surface area (Å²) < 4.78 is 31.6. The Hall–Kier alpha value is -2.02. The minimum absolute atomic E-state index is 0.0636. The van der Waals surface area contributed by atoms with E-state index in [4.69, 9.17) is 17.5 Å². The van der Waals surface area contributed by atoms with Gasteiger partial charge in [0.25, 0.3) is 0 Å². The van der Waals surface area contributed by atoms with Crippen LogP contribution in [0.4, 0.5) is 0 Å². The van der Waals surface area contributed by atoms with E-state index in [0.717, 1.165) is 0 Å². The van der Waals surface area contributed by atoms with E-state index < -0.39 is 10.4 Å². The van der Waals surface area contributed by atoms with E-state index in [9.17, 15) is 4.79 Å². The van der Waals surface area contributed by atoms with Gasteiger partial charge in [0.1, 0.15) is 0 Å². The second-order valence-electron chi connectivity index (χ2n) is 6.30. The number of carbonyl (C=O) groups is 1. The van der Waals surface area contributed by atoms with Gasteiger partial charge in [-0.15, -0.1) is 0 Å². The quantitative estimate of drug-likeness (QED) is 0.146. The molecule has 0 spiro atoms. The van der Waals surface area contributed by atoms with Crippen molar-refractivity contribution >= 4 is 16.2 Å². The van der Waals surface area contributed by atoms with Crippen molar-refractivity contribution in [2.45, 2.75) is 65.2 Å². The smallest absolute Gasteiger partial charge is 0.295 e. The summed E-state index contributed by atoms with van der Waals surface area (Å²) >= 11 is 0. The minimum Gasteiger partial charge on any atom is -0.295 e. The van der Waals surface area contributed by atoms with Crippen molar-refractivity contribution in [1.82, 2.24) is 0 Å². The molecule has 164 valence electrons. The van der Waals surface area contributed by atoms with Crippen LogP contribution in [0, 0.1) is 0 Å². The maximum absolute atomic E-state index is 10.7. The summed E-state index contributed by atoms with van der Waals surface area (Å²) in [4.78, 5) is 10.7. The molecule has 0 saturated carbocycles. The third-order valence-electron chi connectivity index (χ3n) is 3.44. The van der Waals surface area contributed by atoms with E-state index in [1.54, 1.807) is 19.1 Å². The fourth-order valence-electron chi connectivity index (χ4n) is 2.10. The monoisotopic (exact) mass is 424 g/mol. The zero-order chi connectivity index (χ0) is 22.2. The Bertz CT molecular complexity index is 657. The molecule has 0 aromatic rings. The van der Waals surface area contributed by atoms with Crippen molar-refractivity contribution in [3.63, 3.8) is 0 Å². The van der Waals surface area contributed by atoms with Crippen LogP contribution < -0.4 is 0 Å². The highest BCUT2D eigenvalue weighted by molar-refractivity contribution is 7.79. The molecule has 5 nitrogen and oxygen atoms in total. The summed E-state index contributed by atoms with van der Waals surface area (Å²) in [6.07, 6.45) is 34.1. The van der Waals surface area contributed by atoms with E-state index in [1.807, 2.05) is 42.5 Å². The van der Waals surface area contributed by atoms with Crippen molar-refractivity contribution in [1.29, 1.82) is 0 Å². The molecule has 0 unspecified atom stereocenters. The highest BCUT2D eigenvalue weighted by Crippen LogP contribution is 2.08. The van der Waals surface area contributed by atoms with Crippen molar-refractivity contribution in [2.75, 3.05) is 0 Å². The zero-order valence-corrected chi connectivity index (χ0v) is 18.4. The highest BCUT2D eigenvalue weighted by Gasteiger charge is 1.88. The molecule has 2 N–H and O–H groups in total. The normalized spacial score (nSPS) is 12.8. The molecule has 0 aromatic heterocycles. The molecule has 0 aliphatic rings. The number of allylic oxidation sites excluding steroid dienone is 12. The Morgan fingerprint density at radius 1 is 0.690 bits per heavy atom. The van der Waals surface area contributed by atoms with Crippen molar-refractivity contribution in [3.8, 4) is 0 Å². The Balaban J connectivity index is 0. The van der Waals surface area contributed by atoms with Crippen LogP contribution in [0.15, 0.2) is 72.9 Å². The van der Waals surface area contributed by atoms with Gasteiger partial charge in [0.2, 0.25) is 0 Å². The van der Waals surface area contributed by atoms with Crippen molar-refractivity contribution in [3.05, 3.63) is 72.9 Å². The van der Waals surface area contributed by atoms with Gasteiger partial charge in [0.15, 0.2) is 5.78 Å². The first-order valence-corrected chi connectivity index (χ1v) is 11.4. The van der Waals surface area contributed by atoms with Crippen LogP contribution >= 0.6 is 0 Å². The molecule has 29 heavy (non-hydrogen) atoms. The molecule has 0 bridgehead atoms. The van der Waals surface area contributed by atoms with E-state index in [-0.39, 0.29) is 5.78 Å². The second-order valence-corrected chi connectivity index (χ2v) is 7.19. The van der Waals surface area contributed by atoms with Gasteiger partial charge in [0.05, 0.1) is 0 Å². The zero-order valence-electron chi connectivity index (χ0n) is 17.6. The van der Waals surface area contributed by atoms with Gasteiger partial charge in [-0.3, -0.25) is 13.9 Å². The Morgan fingerprint density at radius 2 is 1.07 bits per heavy atom. The summed E-state index contributed by atoms with van der Waals surface area (Å²) in [6, 6.07) is 0. The standard InChI is InChI=1S/C23H34O.H2O4S/c1-3-4-5-6-7-8-9-10-11-12-13-14-15-16-17-18-19-20-21-22-23(2)24;1-5(2,3)4/h11-22H,3-10H2,1-2H3;(H2,1,2,3,4). The summed E-state index contributed by atoms with van der Waals surface area (Å²) in [5.41, 5.74) is 0. The lowest BCUT2D eigenvalue weighted by Crippen LogP contribution is -1.89. The SMILES string of the molecule is CCCCCCCCCC=CC=CC=CC=CC=CC=CC(C)=O.O=S(=O)(O)O. The summed E-state index contributed by atoms with van der Waals surface area (Å²) in [7, 11) is -4.67. The number of hydrogen-bond donors (Lipinski definition) is 2. The van der Waals surface area contributed by atoms with Crippen LogP contribution in [0.1, 0.15) is 65.2 Å². The predicted molar refractivity (Wildman–Crippen MR) is 122 cm³/mol. The molecule has 0 radical (unpaired) electrons. The molecular weight excluding hydrogens is 388 g/mol. The maximum Gasteiger partial charge on any atom is 0.394 e. The molecule has 6 heteroatoms. The fraction of sp³-hybridized carbons (Fsp3) is 0.435. The van der Waals surface area contributed by atoms with Gasteiger partial charge < -0.3 is 0 Å². The fourth-order valence-corrected chi connectivity index (χ4v) is 2.10. The van der Waals surface area contributed by atoms with Crippen LogP contribution in [0.5, 0.6) is 0 Å². The van der Waals surface area contributed by atoms with E-state index in [1.165, 1.54) is 51.4 Å². The first-order valence-electron chi connectivity index (χ1n) is 9.97. The number of rotatable bonds is 14. The molecule has 0 heterocycles. The van der Waals surface area contributed by atoms with Crippen LogP contribution in [0.25, 0.3) is 0 Å². The lowest BCUT2D eigenvalue weighted by molar-refractivity contribution is -0.112. The third-order valence-corrected chi connectivity index (χ3v) is 3.44. The molecule has 0 aliphatic carbocycles. The molecular formula is C23H36O5S. The maximum atomic E-state index is 10.7. The largest absolute Gasteiger partial charge is 0.394 e. The van der Waals surface area contributed by atoms with Gasteiger partial charge in [0, 0.05) is 0 Å². The average Bonchev–Trinajstić information content (AvgIpc) is 2.62. The number of carbonyl (C=O) groups excluding carboxylic acids is 1. The Labute approximate surface area is 176 Å². The molecule has 0 aromatic carbocycles. The topological polar surface area (TPSA) is 91.7 Å². The van der Waals surface area contributed by atoms with Crippen LogP contribution in [0.3, 0.4) is 0 Å². The van der Waals surface area contributed by atoms with Crippen LogP contribution in [-0.4, -0.2) is 23.3 Å². The summed E-state index contributed by atoms with van der Waals surface area (Å²) in [6.45, 7) is 3.80. The average molecular weight is 425 g/mol.